The van der Waals surface area contributed by atoms with Crippen LogP contribution in [0.15, 0.2) is 29.4 Å². The number of imidazole rings is 1. The molecule has 0 unspecified atom stereocenters. The van der Waals surface area contributed by atoms with E-state index < -0.39 is 10.0 Å². The van der Waals surface area contributed by atoms with E-state index in [4.69, 9.17) is 11.6 Å². The first kappa shape index (κ1) is 14.7. The summed E-state index contributed by atoms with van der Waals surface area (Å²) in [4.78, 5) is 3.77. The third-order valence-corrected chi connectivity index (χ3v) is 5.25. The standard InChI is InChI=1S/C12H14ClN3O3S/c1-8-6-9(4-5-10(8)17)16(3)20(18,19)11-7-14-12(13)15(11)2/h4-7,17H,1-3H3. The van der Waals surface area contributed by atoms with Crippen molar-refractivity contribution in [1.29, 1.82) is 0 Å². The molecular weight excluding hydrogens is 302 g/mol. The number of halogens is 1. The molecule has 108 valence electrons. The second-order valence-electron chi connectivity index (χ2n) is 4.37. The molecule has 1 aromatic carbocycles. The predicted octanol–water partition coefficient (Wildman–Crippen LogP) is 1.91. The molecule has 0 saturated heterocycles. The lowest BCUT2D eigenvalue weighted by molar-refractivity contribution is 0.471. The number of aromatic hydroxyl groups is 1. The van der Waals surface area contributed by atoms with Gasteiger partial charge in [-0.3, -0.25) is 4.31 Å². The van der Waals surface area contributed by atoms with Gasteiger partial charge in [0, 0.05) is 14.1 Å². The molecule has 0 bridgehead atoms. The van der Waals surface area contributed by atoms with Crippen molar-refractivity contribution in [3.63, 3.8) is 0 Å². The Balaban J connectivity index is 2.48. The lowest BCUT2D eigenvalue weighted by atomic mass is 10.2. The van der Waals surface area contributed by atoms with Gasteiger partial charge in [-0.1, -0.05) is 0 Å². The van der Waals surface area contributed by atoms with Crippen molar-refractivity contribution in [2.24, 2.45) is 7.05 Å². The second kappa shape index (κ2) is 4.99. The molecule has 0 radical (unpaired) electrons. The van der Waals surface area contributed by atoms with Gasteiger partial charge in [0.05, 0.1) is 11.9 Å². The molecular formula is C12H14ClN3O3S. The highest BCUT2D eigenvalue weighted by Crippen LogP contribution is 2.27. The van der Waals surface area contributed by atoms with Crippen molar-refractivity contribution in [2.75, 3.05) is 11.4 Å². The number of phenolic OH excluding ortho intramolecular Hbond substituents is 1. The minimum absolute atomic E-state index is 0.00396. The van der Waals surface area contributed by atoms with Crippen molar-refractivity contribution in [1.82, 2.24) is 9.55 Å². The van der Waals surface area contributed by atoms with Gasteiger partial charge in [0.25, 0.3) is 10.0 Å². The molecule has 1 aromatic heterocycles. The van der Waals surface area contributed by atoms with Crippen LogP contribution in [0, 0.1) is 6.92 Å². The quantitative estimate of drug-likeness (QED) is 0.939. The summed E-state index contributed by atoms with van der Waals surface area (Å²) in [5.74, 6) is 0.114. The summed E-state index contributed by atoms with van der Waals surface area (Å²) < 4.78 is 27.4. The van der Waals surface area contributed by atoms with E-state index in [0.717, 1.165) is 4.31 Å². The Morgan fingerprint density at radius 1 is 1.40 bits per heavy atom. The lowest BCUT2D eigenvalue weighted by Crippen LogP contribution is -2.28. The van der Waals surface area contributed by atoms with Crippen molar-refractivity contribution < 1.29 is 13.5 Å². The molecule has 0 aliphatic heterocycles. The van der Waals surface area contributed by atoms with E-state index in [2.05, 4.69) is 4.98 Å². The Hall–Kier alpha value is -1.73. The first-order valence-electron chi connectivity index (χ1n) is 5.71. The summed E-state index contributed by atoms with van der Waals surface area (Å²) in [6.45, 7) is 1.69. The molecule has 0 aliphatic carbocycles. The van der Waals surface area contributed by atoms with Gasteiger partial charge >= 0.3 is 0 Å². The van der Waals surface area contributed by atoms with Crippen LogP contribution in [0.3, 0.4) is 0 Å². The van der Waals surface area contributed by atoms with Gasteiger partial charge in [0.15, 0.2) is 5.03 Å². The topological polar surface area (TPSA) is 75.4 Å². The summed E-state index contributed by atoms with van der Waals surface area (Å²) in [5.41, 5.74) is 1.03. The number of nitrogens with zero attached hydrogens (tertiary/aromatic N) is 3. The predicted molar refractivity (Wildman–Crippen MR) is 76.7 cm³/mol. The van der Waals surface area contributed by atoms with Crippen molar-refractivity contribution >= 4 is 27.3 Å². The zero-order valence-corrected chi connectivity index (χ0v) is 12.8. The van der Waals surface area contributed by atoms with E-state index in [9.17, 15) is 13.5 Å². The van der Waals surface area contributed by atoms with Crippen LogP contribution in [0.2, 0.25) is 5.28 Å². The largest absolute Gasteiger partial charge is 0.508 e. The van der Waals surface area contributed by atoms with Crippen LogP contribution in [0.1, 0.15) is 5.56 Å². The third-order valence-electron chi connectivity index (χ3n) is 3.06. The molecule has 1 heterocycles. The molecule has 8 heteroatoms. The molecule has 6 nitrogen and oxygen atoms in total. The average molecular weight is 316 g/mol. The molecule has 0 aliphatic rings. The maximum atomic E-state index is 12.5. The van der Waals surface area contributed by atoms with E-state index >= 15 is 0 Å². The molecule has 0 saturated carbocycles. The smallest absolute Gasteiger partial charge is 0.281 e. The normalized spacial score (nSPS) is 11.6. The first-order valence-corrected chi connectivity index (χ1v) is 7.52. The Kier molecular flexibility index (Phi) is 3.66. The van der Waals surface area contributed by atoms with Crippen LogP contribution in [-0.2, 0) is 17.1 Å². The maximum Gasteiger partial charge on any atom is 0.281 e. The number of rotatable bonds is 3. The Labute approximate surface area is 122 Å². The van der Waals surface area contributed by atoms with Gasteiger partial charge in [-0.25, -0.2) is 4.98 Å². The van der Waals surface area contributed by atoms with Gasteiger partial charge in [-0.05, 0) is 42.3 Å². The van der Waals surface area contributed by atoms with E-state index in [1.807, 2.05) is 0 Å². The minimum Gasteiger partial charge on any atom is -0.508 e. The maximum absolute atomic E-state index is 12.5. The number of benzene rings is 1. The van der Waals surface area contributed by atoms with Gasteiger partial charge in [0.1, 0.15) is 5.75 Å². The number of hydrogen-bond donors (Lipinski definition) is 1. The lowest BCUT2D eigenvalue weighted by Gasteiger charge is -2.20. The summed E-state index contributed by atoms with van der Waals surface area (Å²) in [5, 5.41) is 9.59. The number of hydrogen-bond acceptors (Lipinski definition) is 4. The monoisotopic (exact) mass is 315 g/mol. The fourth-order valence-electron chi connectivity index (χ4n) is 1.73. The summed E-state index contributed by atoms with van der Waals surface area (Å²) in [7, 11) is -0.805. The number of aromatic nitrogens is 2. The molecule has 0 fully saturated rings. The minimum atomic E-state index is -3.76. The Morgan fingerprint density at radius 2 is 2.05 bits per heavy atom. The van der Waals surface area contributed by atoms with Crippen molar-refractivity contribution in [3.8, 4) is 5.75 Å². The first-order chi connectivity index (χ1) is 9.25. The fraction of sp³-hybridized carbons (Fsp3) is 0.250. The molecule has 2 aromatic rings. The van der Waals surface area contributed by atoms with E-state index in [0.29, 0.717) is 11.3 Å². The highest BCUT2D eigenvalue weighted by molar-refractivity contribution is 7.92. The van der Waals surface area contributed by atoms with Crippen LogP contribution >= 0.6 is 11.6 Å². The van der Waals surface area contributed by atoms with Crippen LogP contribution < -0.4 is 4.31 Å². The van der Waals surface area contributed by atoms with Crippen LogP contribution in [0.5, 0.6) is 5.75 Å². The summed E-state index contributed by atoms with van der Waals surface area (Å²) in [6.07, 6.45) is 1.21. The van der Waals surface area contributed by atoms with Gasteiger partial charge in [0.2, 0.25) is 5.28 Å². The SMILES string of the molecule is Cc1cc(N(C)S(=O)(=O)c2cnc(Cl)n2C)ccc1O. The zero-order valence-electron chi connectivity index (χ0n) is 11.2. The summed E-state index contributed by atoms with van der Waals surface area (Å²) >= 11 is 5.77. The molecule has 1 N–H and O–H groups in total. The van der Waals surface area contributed by atoms with Crippen LogP contribution in [-0.4, -0.2) is 30.1 Å². The number of sulfonamides is 1. The van der Waals surface area contributed by atoms with Crippen molar-refractivity contribution in [2.45, 2.75) is 11.9 Å². The van der Waals surface area contributed by atoms with Gasteiger partial charge in [-0.2, -0.15) is 8.42 Å². The molecule has 0 spiro atoms. The van der Waals surface area contributed by atoms with E-state index in [1.165, 1.54) is 37.0 Å². The highest BCUT2D eigenvalue weighted by Gasteiger charge is 2.26. The Morgan fingerprint density at radius 3 is 2.55 bits per heavy atom. The van der Waals surface area contributed by atoms with Crippen LogP contribution in [0.4, 0.5) is 5.69 Å². The van der Waals surface area contributed by atoms with E-state index in [-0.39, 0.29) is 16.1 Å². The van der Waals surface area contributed by atoms with E-state index in [1.54, 1.807) is 13.0 Å². The number of phenols is 1. The third kappa shape index (κ3) is 2.34. The molecule has 20 heavy (non-hydrogen) atoms. The van der Waals surface area contributed by atoms with Gasteiger partial charge < -0.3 is 9.67 Å². The van der Waals surface area contributed by atoms with Crippen molar-refractivity contribution in [3.05, 3.63) is 35.2 Å². The molecule has 2 rings (SSSR count). The zero-order chi connectivity index (χ0) is 15.1. The molecule has 0 atom stereocenters. The highest BCUT2D eigenvalue weighted by atomic mass is 35.5. The van der Waals surface area contributed by atoms with Crippen LogP contribution in [0.25, 0.3) is 0 Å². The number of anilines is 1. The second-order valence-corrected chi connectivity index (χ2v) is 6.62. The summed E-state index contributed by atoms with van der Waals surface area (Å²) in [6, 6.07) is 4.57. The Bertz CT molecular complexity index is 755. The fourth-order valence-corrected chi connectivity index (χ4v) is 3.21. The molecule has 0 amide bonds. The average Bonchev–Trinajstić information content (AvgIpc) is 2.73. The van der Waals surface area contributed by atoms with Gasteiger partial charge in [-0.15, -0.1) is 0 Å². The number of aryl methyl sites for hydroxylation is 1.